The number of aliphatic hydroxyl groups is 3. The van der Waals surface area contributed by atoms with Gasteiger partial charge in [-0.1, -0.05) is 11.8 Å². The van der Waals surface area contributed by atoms with E-state index in [1.807, 2.05) is 0 Å². The zero-order chi connectivity index (χ0) is 32.3. The molecule has 1 aromatic rings. The average Bonchev–Trinajstić information content (AvgIpc) is 2.89. The SMILES string of the molecule is CC(C)S(=O)(=O)CCC#Cc1cc(N(C)C)c2c(c1O)C(O)=C1C(=O)[C@]3(O)C(O)=C(C(N)=O)C(=O)[C@H](N(C)C)[C@@H]3C[C@@H]1C2. The molecule has 0 aliphatic heterocycles. The molecule has 0 aromatic heterocycles. The predicted molar refractivity (Wildman–Crippen MR) is 159 cm³/mol. The van der Waals surface area contributed by atoms with E-state index in [9.17, 15) is 43.2 Å². The van der Waals surface area contributed by atoms with Gasteiger partial charge in [-0.3, -0.25) is 19.3 Å². The Hall–Kier alpha value is -3.86. The summed E-state index contributed by atoms with van der Waals surface area (Å²) in [6.07, 6.45) is 0.122. The molecule has 1 fully saturated rings. The van der Waals surface area contributed by atoms with Crippen molar-refractivity contribution >= 4 is 38.8 Å². The van der Waals surface area contributed by atoms with Crippen molar-refractivity contribution < 1.29 is 43.2 Å². The van der Waals surface area contributed by atoms with Crippen molar-refractivity contribution in [1.29, 1.82) is 0 Å². The van der Waals surface area contributed by atoms with Crippen molar-refractivity contribution in [2.24, 2.45) is 17.6 Å². The number of hydrogen-bond donors (Lipinski definition) is 5. The van der Waals surface area contributed by atoms with Gasteiger partial charge in [-0.2, -0.15) is 0 Å². The average molecular weight is 616 g/mol. The third kappa shape index (κ3) is 4.97. The van der Waals surface area contributed by atoms with E-state index in [1.54, 1.807) is 38.9 Å². The van der Waals surface area contributed by atoms with Crippen LogP contribution in [0.4, 0.5) is 5.69 Å². The molecule has 4 rings (SSSR count). The van der Waals surface area contributed by atoms with Gasteiger partial charge in [-0.05, 0) is 58.3 Å². The van der Waals surface area contributed by atoms with Crippen molar-refractivity contribution in [3.8, 4) is 17.6 Å². The van der Waals surface area contributed by atoms with Crippen LogP contribution in [0.1, 0.15) is 43.4 Å². The minimum Gasteiger partial charge on any atom is -0.508 e. The lowest BCUT2D eigenvalue weighted by molar-refractivity contribution is -0.153. The van der Waals surface area contributed by atoms with Crippen LogP contribution in [0.5, 0.6) is 5.75 Å². The number of sulfone groups is 1. The number of carbonyl (C=O) groups is 3. The summed E-state index contributed by atoms with van der Waals surface area (Å²) in [7, 11) is 3.24. The number of nitrogens with zero attached hydrogens (tertiary/aromatic N) is 2. The highest BCUT2D eigenvalue weighted by Gasteiger charge is 2.64. The molecule has 0 heterocycles. The minimum absolute atomic E-state index is 0.00988. The molecule has 0 saturated heterocycles. The molecule has 1 saturated carbocycles. The first-order chi connectivity index (χ1) is 19.9. The fourth-order valence-electron chi connectivity index (χ4n) is 6.37. The zero-order valence-electron chi connectivity index (χ0n) is 24.9. The number of hydrogen-bond acceptors (Lipinski definition) is 11. The maximum Gasteiger partial charge on any atom is 0.255 e. The second-order valence-corrected chi connectivity index (χ2v) is 14.6. The molecule has 43 heavy (non-hydrogen) atoms. The van der Waals surface area contributed by atoms with Crippen LogP contribution in [0.3, 0.4) is 0 Å². The third-order valence-corrected chi connectivity index (χ3v) is 10.8. The predicted octanol–water partition coefficient (Wildman–Crippen LogP) is 0.595. The molecule has 4 atom stereocenters. The first-order valence-corrected chi connectivity index (χ1v) is 15.5. The molecule has 3 aliphatic carbocycles. The molecule has 0 bridgehead atoms. The number of likely N-dealkylation sites (N-methyl/N-ethyl adjacent to an activating group) is 1. The number of Topliss-reactive ketones (excluding diaryl/α,β-unsaturated/α-hetero) is 2. The molecule has 13 heteroatoms. The van der Waals surface area contributed by atoms with Crippen LogP contribution in [0.25, 0.3) is 5.76 Å². The highest BCUT2D eigenvalue weighted by molar-refractivity contribution is 7.91. The quantitative estimate of drug-likeness (QED) is 0.222. The van der Waals surface area contributed by atoms with Crippen molar-refractivity contribution in [3.63, 3.8) is 0 Å². The molecule has 3 aliphatic rings. The molecule has 1 aromatic carbocycles. The van der Waals surface area contributed by atoms with Crippen LogP contribution >= 0.6 is 0 Å². The van der Waals surface area contributed by atoms with Gasteiger partial charge in [-0.15, -0.1) is 0 Å². The lowest BCUT2D eigenvalue weighted by Crippen LogP contribution is -2.65. The summed E-state index contributed by atoms with van der Waals surface area (Å²) in [5.41, 5.74) is 2.57. The molecule has 232 valence electrons. The van der Waals surface area contributed by atoms with Gasteiger partial charge in [0.2, 0.25) is 5.78 Å². The summed E-state index contributed by atoms with van der Waals surface area (Å²) in [5, 5.41) is 45.0. The van der Waals surface area contributed by atoms with Gasteiger partial charge in [0, 0.05) is 37.7 Å². The van der Waals surface area contributed by atoms with E-state index in [0.29, 0.717) is 11.3 Å². The van der Waals surface area contributed by atoms with Crippen LogP contribution in [0, 0.1) is 23.7 Å². The van der Waals surface area contributed by atoms with Crippen LogP contribution < -0.4 is 10.6 Å². The maximum atomic E-state index is 14.0. The molecule has 0 unspecified atom stereocenters. The van der Waals surface area contributed by atoms with Crippen LogP contribution in [0.2, 0.25) is 0 Å². The Labute approximate surface area is 250 Å². The number of benzene rings is 1. The number of nitrogens with two attached hydrogens (primary N) is 1. The molecule has 12 nitrogen and oxygen atoms in total. The Morgan fingerprint density at radius 3 is 2.33 bits per heavy atom. The molecule has 6 N–H and O–H groups in total. The van der Waals surface area contributed by atoms with Gasteiger partial charge in [0.25, 0.3) is 5.91 Å². The fourth-order valence-corrected chi connectivity index (χ4v) is 7.23. The molecular weight excluding hydrogens is 578 g/mol. The first-order valence-electron chi connectivity index (χ1n) is 13.8. The number of phenols is 1. The highest BCUT2D eigenvalue weighted by atomic mass is 32.2. The normalized spacial score (nSPS) is 25.3. The van der Waals surface area contributed by atoms with Crippen molar-refractivity contribution in [3.05, 3.63) is 39.7 Å². The second kappa shape index (κ2) is 11.0. The first kappa shape index (κ1) is 32.1. The van der Waals surface area contributed by atoms with E-state index in [0.717, 1.165) is 0 Å². The largest absolute Gasteiger partial charge is 0.508 e. The molecule has 0 spiro atoms. The molecule has 0 radical (unpaired) electrons. The number of fused-ring (bicyclic) bond motifs is 3. The van der Waals surface area contributed by atoms with E-state index >= 15 is 0 Å². The van der Waals surface area contributed by atoms with Gasteiger partial charge < -0.3 is 31.1 Å². The number of ketones is 2. The van der Waals surface area contributed by atoms with Gasteiger partial charge >= 0.3 is 0 Å². The lowest BCUT2D eigenvalue weighted by Gasteiger charge is -2.50. The van der Waals surface area contributed by atoms with Crippen LogP contribution in [0.15, 0.2) is 23.0 Å². The van der Waals surface area contributed by atoms with Gasteiger partial charge in [0.1, 0.15) is 22.8 Å². The van der Waals surface area contributed by atoms with Crippen molar-refractivity contribution in [2.45, 2.75) is 50.0 Å². The molecular formula is C30H37N3O9S. The summed E-state index contributed by atoms with van der Waals surface area (Å²) < 4.78 is 24.3. The Balaban J connectivity index is 1.90. The van der Waals surface area contributed by atoms with Crippen molar-refractivity contribution in [1.82, 2.24) is 4.90 Å². The van der Waals surface area contributed by atoms with E-state index < -0.39 is 78.9 Å². The minimum atomic E-state index is -3.33. The van der Waals surface area contributed by atoms with E-state index in [4.69, 9.17) is 5.73 Å². The third-order valence-electron chi connectivity index (χ3n) is 8.63. The smallest absolute Gasteiger partial charge is 0.255 e. The lowest BCUT2D eigenvalue weighted by atomic mass is 9.57. The van der Waals surface area contributed by atoms with Crippen LogP contribution in [-0.2, 0) is 30.6 Å². The van der Waals surface area contributed by atoms with E-state index in [2.05, 4.69) is 11.8 Å². The number of amides is 1. The Morgan fingerprint density at radius 1 is 1.16 bits per heavy atom. The zero-order valence-corrected chi connectivity index (χ0v) is 25.7. The number of anilines is 1. The summed E-state index contributed by atoms with van der Waals surface area (Å²) in [4.78, 5) is 42.6. The summed E-state index contributed by atoms with van der Waals surface area (Å²) in [6, 6.07) is 0.439. The van der Waals surface area contributed by atoms with Gasteiger partial charge in [0.15, 0.2) is 21.2 Å². The van der Waals surface area contributed by atoms with Crippen molar-refractivity contribution in [2.75, 3.05) is 38.8 Å². The number of rotatable bonds is 6. The highest BCUT2D eigenvalue weighted by Crippen LogP contribution is 2.54. The number of aromatic hydroxyl groups is 1. The summed E-state index contributed by atoms with van der Waals surface area (Å²) in [5.74, 6) is -1.96. The molecule has 1 amide bonds. The Kier molecular flexibility index (Phi) is 8.21. The van der Waals surface area contributed by atoms with Gasteiger partial charge in [0.05, 0.1) is 28.2 Å². The second-order valence-electron chi connectivity index (χ2n) is 12.0. The number of primary amides is 1. The van der Waals surface area contributed by atoms with Gasteiger partial charge in [-0.25, -0.2) is 8.42 Å². The number of carbonyl (C=O) groups excluding carboxylic acids is 3. The summed E-state index contributed by atoms with van der Waals surface area (Å²) >= 11 is 0. The fraction of sp³-hybridized carbons (Fsp3) is 0.500. The number of aliphatic hydroxyl groups excluding tert-OH is 2. The van der Waals surface area contributed by atoms with E-state index in [-0.39, 0.29) is 41.7 Å². The Bertz CT molecular complexity index is 1660. The maximum absolute atomic E-state index is 14.0. The Morgan fingerprint density at radius 2 is 1.79 bits per heavy atom. The monoisotopic (exact) mass is 615 g/mol. The standard InChI is InChI=1S/C30H37N3O9S/c1-14(2)43(41,42)10-8-7-9-15-13-19(32(3)4)17-11-16-12-18-23(33(5)6)26(36)22(29(31)39)28(38)30(18,40)27(37)20(16)25(35)21(17)24(15)34/h13-14,16,18,23,34-35,38,40H,8,10-12H2,1-6H3,(H2,31,39)/t16-,18-,23+,30-/m0/s1. The van der Waals surface area contributed by atoms with Crippen LogP contribution in [-0.4, -0.2) is 102 Å². The summed E-state index contributed by atoms with van der Waals surface area (Å²) in [6.45, 7) is 3.15. The topological polar surface area (TPSA) is 199 Å². The van der Waals surface area contributed by atoms with E-state index in [1.165, 1.54) is 19.0 Å². The number of phenolic OH excluding ortho intramolecular Hbond substituents is 1.